The standard InChI is InChI=1S/C14H19N3O2/c1-19-14(18)12-7-15-8-13(17-12)16-6-11(9-2-3-9)10-4-5-10/h7-11H,2-6H2,1H3,(H,16,17). The lowest BCUT2D eigenvalue weighted by Gasteiger charge is -2.16. The molecule has 5 nitrogen and oxygen atoms in total. The van der Waals surface area contributed by atoms with Crippen LogP contribution in [0.2, 0.25) is 0 Å². The Balaban J connectivity index is 1.61. The summed E-state index contributed by atoms with van der Waals surface area (Å²) in [7, 11) is 1.35. The van der Waals surface area contributed by atoms with E-state index < -0.39 is 5.97 Å². The molecule has 102 valence electrons. The smallest absolute Gasteiger partial charge is 0.358 e. The molecule has 1 aromatic heterocycles. The van der Waals surface area contributed by atoms with Crippen LogP contribution in [0.25, 0.3) is 0 Å². The zero-order valence-corrected chi connectivity index (χ0v) is 11.1. The van der Waals surface area contributed by atoms with Crippen molar-refractivity contribution in [3.05, 3.63) is 18.1 Å². The largest absolute Gasteiger partial charge is 0.464 e. The van der Waals surface area contributed by atoms with Gasteiger partial charge in [-0.2, -0.15) is 0 Å². The number of aromatic nitrogens is 2. The predicted octanol–water partition coefficient (Wildman–Crippen LogP) is 2.11. The molecule has 19 heavy (non-hydrogen) atoms. The van der Waals surface area contributed by atoms with Crippen LogP contribution in [0.1, 0.15) is 36.2 Å². The van der Waals surface area contributed by atoms with E-state index in [0.717, 1.165) is 24.3 Å². The maximum Gasteiger partial charge on any atom is 0.358 e. The van der Waals surface area contributed by atoms with Crippen molar-refractivity contribution < 1.29 is 9.53 Å². The number of hydrogen-bond donors (Lipinski definition) is 1. The van der Waals surface area contributed by atoms with E-state index in [4.69, 9.17) is 0 Å². The molecule has 0 spiro atoms. The van der Waals surface area contributed by atoms with Crippen LogP contribution < -0.4 is 5.32 Å². The predicted molar refractivity (Wildman–Crippen MR) is 70.8 cm³/mol. The van der Waals surface area contributed by atoms with Crippen LogP contribution in [0.4, 0.5) is 5.82 Å². The van der Waals surface area contributed by atoms with Crippen molar-refractivity contribution >= 4 is 11.8 Å². The normalized spacial score (nSPS) is 18.4. The Morgan fingerprint density at radius 3 is 2.63 bits per heavy atom. The molecule has 0 bridgehead atoms. The average molecular weight is 261 g/mol. The van der Waals surface area contributed by atoms with Crippen LogP contribution in [0.5, 0.6) is 0 Å². The number of anilines is 1. The molecule has 1 N–H and O–H groups in total. The second-order valence-corrected chi connectivity index (χ2v) is 5.50. The van der Waals surface area contributed by atoms with Gasteiger partial charge in [0.25, 0.3) is 0 Å². The fourth-order valence-corrected chi connectivity index (χ4v) is 2.64. The van der Waals surface area contributed by atoms with E-state index in [9.17, 15) is 4.79 Å². The summed E-state index contributed by atoms with van der Waals surface area (Å²) in [4.78, 5) is 19.6. The van der Waals surface area contributed by atoms with Crippen LogP contribution in [0.15, 0.2) is 12.4 Å². The second-order valence-electron chi connectivity index (χ2n) is 5.50. The highest BCUT2D eigenvalue weighted by atomic mass is 16.5. The summed E-state index contributed by atoms with van der Waals surface area (Å²) < 4.78 is 4.64. The van der Waals surface area contributed by atoms with E-state index in [1.54, 1.807) is 6.20 Å². The van der Waals surface area contributed by atoms with Gasteiger partial charge in [-0.3, -0.25) is 4.98 Å². The van der Waals surface area contributed by atoms with Gasteiger partial charge in [0.1, 0.15) is 5.82 Å². The van der Waals surface area contributed by atoms with Gasteiger partial charge >= 0.3 is 5.97 Å². The Kier molecular flexibility index (Phi) is 3.36. The molecular weight excluding hydrogens is 242 g/mol. The zero-order valence-electron chi connectivity index (χ0n) is 11.1. The third-order valence-electron chi connectivity index (χ3n) is 4.00. The van der Waals surface area contributed by atoms with Gasteiger partial charge < -0.3 is 10.1 Å². The second kappa shape index (κ2) is 5.15. The van der Waals surface area contributed by atoms with Gasteiger partial charge in [-0.25, -0.2) is 9.78 Å². The molecule has 3 rings (SSSR count). The Morgan fingerprint density at radius 2 is 2.05 bits per heavy atom. The SMILES string of the molecule is COC(=O)c1cncc(NCC(C2CC2)C2CC2)n1. The Bertz CT molecular complexity index is 458. The summed E-state index contributed by atoms with van der Waals surface area (Å²) in [5, 5.41) is 3.33. The van der Waals surface area contributed by atoms with Crippen LogP contribution in [0.3, 0.4) is 0 Å². The molecule has 0 amide bonds. The van der Waals surface area contributed by atoms with E-state index in [2.05, 4.69) is 20.0 Å². The van der Waals surface area contributed by atoms with Gasteiger partial charge in [-0.05, 0) is 43.4 Å². The maximum atomic E-state index is 11.4. The van der Waals surface area contributed by atoms with E-state index >= 15 is 0 Å². The summed E-state index contributed by atoms with van der Waals surface area (Å²) >= 11 is 0. The quantitative estimate of drug-likeness (QED) is 0.795. The highest BCUT2D eigenvalue weighted by molar-refractivity contribution is 5.87. The van der Waals surface area contributed by atoms with Gasteiger partial charge in [0.05, 0.1) is 19.5 Å². The van der Waals surface area contributed by atoms with Crippen molar-refractivity contribution in [2.24, 2.45) is 17.8 Å². The van der Waals surface area contributed by atoms with Crippen LogP contribution in [-0.2, 0) is 4.74 Å². The fraction of sp³-hybridized carbons (Fsp3) is 0.643. The third-order valence-corrected chi connectivity index (χ3v) is 4.00. The molecule has 0 unspecified atom stereocenters. The van der Waals surface area contributed by atoms with Crippen molar-refractivity contribution in [3.63, 3.8) is 0 Å². The first-order chi connectivity index (χ1) is 9.28. The molecule has 1 heterocycles. The van der Waals surface area contributed by atoms with Crippen molar-refractivity contribution in [2.75, 3.05) is 19.0 Å². The van der Waals surface area contributed by atoms with Crippen LogP contribution in [-0.4, -0.2) is 29.6 Å². The van der Waals surface area contributed by atoms with Gasteiger partial charge in [0, 0.05) is 6.54 Å². The molecule has 2 aliphatic rings. The molecule has 0 aliphatic heterocycles. The van der Waals surface area contributed by atoms with Crippen molar-refractivity contribution in [1.29, 1.82) is 0 Å². The minimum absolute atomic E-state index is 0.252. The molecule has 2 saturated carbocycles. The highest BCUT2D eigenvalue weighted by Crippen LogP contribution is 2.49. The van der Waals surface area contributed by atoms with Crippen LogP contribution >= 0.6 is 0 Å². The monoisotopic (exact) mass is 261 g/mol. The van der Waals surface area contributed by atoms with E-state index in [1.165, 1.54) is 39.0 Å². The van der Waals surface area contributed by atoms with Gasteiger partial charge in [0.15, 0.2) is 5.69 Å². The van der Waals surface area contributed by atoms with Crippen molar-refractivity contribution in [3.8, 4) is 0 Å². The first kappa shape index (κ1) is 12.4. The lowest BCUT2D eigenvalue weighted by Crippen LogP contribution is -2.19. The molecule has 1 aromatic rings. The summed E-state index contributed by atoms with van der Waals surface area (Å²) in [5.74, 6) is 2.78. The van der Waals surface area contributed by atoms with Crippen molar-refractivity contribution in [2.45, 2.75) is 25.7 Å². The van der Waals surface area contributed by atoms with Crippen LogP contribution in [0, 0.1) is 17.8 Å². The number of carbonyl (C=O) groups is 1. The van der Waals surface area contributed by atoms with E-state index in [1.807, 2.05) is 0 Å². The first-order valence-electron chi connectivity index (χ1n) is 6.92. The number of rotatable bonds is 6. The zero-order chi connectivity index (χ0) is 13.2. The number of carbonyl (C=O) groups excluding carboxylic acids is 1. The minimum Gasteiger partial charge on any atom is -0.464 e. The molecule has 2 fully saturated rings. The summed E-state index contributed by atoms with van der Waals surface area (Å²) in [6.45, 7) is 0.939. The Labute approximate surface area is 112 Å². The van der Waals surface area contributed by atoms with Gasteiger partial charge in [-0.15, -0.1) is 0 Å². The number of esters is 1. The number of ether oxygens (including phenoxy) is 1. The highest BCUT2D eigenvalue weighted by Gasteiger charge is 2.41. The molecule has 0 radical (unpaired) electrons. The lowest BCUT2D eigenvalue weighted by atomic mass is 9.98. The number of methoxy groups -OCH3 is 1. The Morgan fingerprint density at radius 1 is 1.37 bits per heavy atom. The van der Waals surface area contributed by atoms with E-state index in [0.29, 0.717) is 5.82 Å². The Hall–Kier alpha value is -1.65. The average Bonchev–Trinajstić information content (AvgIpc) is 3.30. The third kappa shape index (κ3) is 3.03. The number of nitrogens with one attached hydrogen (secondary N) is 1. The molecule has 0 aromatic carbocycles. The summed E-state index contributed by atoms with van der Waals surface area (Å²) in [5.41, 5.74) is 0.252. The molecular formula is C14H19N3O2. The molecule has 0 atom stereocenters. The number of nitrogens with zero attached hydrogens (tertiary/aromatic N) is 2. The summed E-state index contributed by atoms with van der Waals surface area (Å²) in [6.07, 6.45) is 8.57. The summed E-state index contributed by atoms with van der Waals surface area (Å²) in [6, 6.07) is 0. The topological polar surface area (TPSA) is 64.1 Å². The molecule has 2 aliphatic carbocycles. The fourth-order valence-electron chi connectivity index (χ4n) is 2.64. The van der Waals surface area contributed by atoms with Gasteiger partial charge in [-0.1, -0.05) is 0 Å². The number of hydrogen-bond acceptors (Lipinski definition) is 5. The van der Waals surface area contributed by atoms with E-state index in [-0.39, 0.29) is 5.69 Å². The van der Waals surface area contributed by atoms with Crippen molar-refractivity contribution in [1.82, 2.24) is 9.97 Å². The first-order valence-corrected chi connectivity index (χ1v) is 6.92. The maximum absolute atomic E-state index is 11.4. The lowest BCUT2D eigenvalue weighted by molar-refractivity contribution is 0.0593. The molecule has 0 saturated heterocycles. The minimum atomic E-state index is -0.447. The van der Waals surface area contributed by atoms with Gasteiger partial charge in [0.2, 0.25) is 0 Å². The molecule has 5 heteroatoms.